The molecule has 0 saturated heterocycles. The molecular weight excluding hydrogens is 418 g/mol. The lowest BCUT2D eigenvalue weighted by molar-refractivity contribution is -0.119. The molecule has 0 bridgehead atoms. The average Bonchev–Trinajstić information content (AvgIpc) is 3.03. The Morgan fingerprint density at radius 2 is 1.50 bits per heavy atom. The number of para-hydroxylation sites is 2. The summed E-state index contributed by atoms with van der Waals surface area (Å²) in [5, 5.41) is 0. The van der Waals surface area contributed by atoms with Gasteiger partial charge in [-0.25, -0.2) is 4.90 Å². The van der Waals surface area contributed by atoms with Gasteiger partial charge in [-0.05, 0) is 44.0 Å². The molecule has 0 saturated carbocycles. The van der Waals surface area contributed by atoms with Crippen molar-refractivity contribution >= 4 is 34.8 Å². The third-order valence-electron chi connectivity index (χ3n) is 5.08. The van der Waals surface area contributed by atoms with Gasteiger partial charge in [0.2, 0.25) is 0 Å². The molecule has 1 heterocycles. The lowest BCUT2D eigenvalue weighted by atomic mass is 10.0. The van der Waals surface area contributed by atoms with E-state index in [1.807, 2.05) is 87.5 Å². The monoisotopic (exact) mass is 443 g/mol. The number of amides is 2. The van der Waals surface area contributed by atoms with E-state index in [1.54, 1.807) is 12.1 Å². The van der Waals surface area contributed by atoms with Crippen molar-refractivity contribution in [3.05, 3.63) is 100 Å². The zero-order chi connectivity index (χ0) is 22.7. The fourth-order valence-corrected chi connectivity index (χ4v) is 4.63. The Bertz CT molecular complexity index is 1170. The molecule has 0 aromatic heterocycles. The van der Waals surface area contributed by atoms with Gasteiger partial charge in [-0.15, -0.1) is 11.8 Å². The molecular formula is C27H25NO3S. The number of nitrogens with zero attached hydrogens (tertiary/aromatic N) is 1. The molecule has 4 rings (SSSR count). The highest BCUT2D eigenvalue weighted by Gasteiger charge is 2.41. The number of ether oxygens (including phenoxy) is 1. The third kappa shape index (κ3) is 4.48. The third-order valence-corrected chi connectivity index (χ3v) is 6.22. The highest BCUT2D eigenvalue weighted by Crippen LogP contribution is 2.42. The van der Waals surface area contributed by atoms with Gasteiger partial charge >= 0.3 is 0 Å². The van der Waals surface area contributed by atoms with Gasteiger partial charge in [0.1, 0.15) is 5.75 Å². The number of benzene rings is 3. The molecule has 1 aliphatic rings. The van der Waals surface area contributed by atoms with Gasteiger partial charge in [0.25, 0.3) is 11.8 Å². The van der Waals surface area contributed by atoms with Crippen molar-refractivity contribution in [1.82, 2.24) is 0 Å². The summed E-state index contributed by atoms with van der Waals surface area (Å²) in [5.41, 5.74) is 3.84. The second-order valence-corrected chi connectivity index (χ2v) is 8.91. The van der Waals surface area contributed by atoms with E-state index in [9.17, 15) is 9.59 Å². The summed E-state index contributed by atoms with van der Waals surface area (Å²) in [6.07, 6.45) is -0.0830. The molecule has 3 aromatic rings. The number of thioether (sulfide) groups is 1. The smallest absolute Gasteiger partial charge is 0.272 e. The molecule has 4 nitrogen and oxygen atoms in total. The Hall–Kier alpha value is -3.31. The van der Waals surface area contributed by atoms with Gasteiger partial charge in [0, 0.05) is 5.75 Å². The van der Waals surface area contributed by atoms with Crippen LogP contribution in [0.25, 0.3) is 5.57 Å². The Labute approximate surface area is 192 Å². The zero-order valence-corrected chi connectivity index (χ0v) is 19.2. The molecule has 0 radical (unpaired) electrons. The van der Waals surface area contributed by atoms with E-state index in [1.165, 1.54) is 16.7 Å². The predicted molar refractivity (Wildman–Crippen MR) is 131 cm³/mol. The number of anilines is 1. The second-order valence-electron chi connectivity index (χ2n) is 7.92. The molecule has 0 aliphatic carbocycles. The number of hydrogen-bond donors (Lipinski definition) is 0. The Kier molecular flexibility index (Phi) is 6.47. The summed E-state index contributed by atoms with van der Waals surface area (Å²) in [6, 6.07) is 24.8. The summed E-state index contributed by atoms with van der Waals surface area (Å²) in [7, 11) is 0. The second kappa shape index (κ2) is 9.45. The topological polar surface area (TPSA) is 46.6 Å². The molecule has 5 heteroatoms. The number of hydrogen-bond acceptors (Lipinski definition) is 4. The van der Waals surface area contributed by atoms with E-state index < -0.39 is 0 Å². The van der Waals surface area contributed by atoms with E-state index in [4.69, 9.17) is 4.74 Å². The first kappa shape index (κ1) is 21.9. The van der Waals surface area contributed by atoms with Crippen LogP contribution in [0.1, 0.15) is 30.5 Å². The van der Waals surface area contributed by atoms with Crippen molar-refractivity contribution in [2.45, 2.75) is 32.6 Å². The number of carbonyl (C=O) groups is 2. The molecule has 2 amide bonds. The van der Waals surface area contributed by atoms with E-state index in [0.29, 0.717) is 27.7 Å². The van der Waals surface area contributed by atoms with Crippen molar-refractivity contribution in [3.8, 4) is 5.75 Å². The maximum absolute atomic E-state index is 13.6. The molecule has 1 aliphatic heterocycles. The van der Waals surface area contributed by atoms with Crippen molar-refractivity contribution < 1.29 is 14.3 Å². The minimum Gasteiger partial charge on any atom is -0.489 e. The van der Waals surface area contributed by atoms with Gasteiger partial charge in [0.05, 0.1) is 22.3 Å². The first-order valence-electron chi connectivity index (χ1n) is 10.6. The lowest BCUT2D eigenvalue weighted by Gasteiger charge is -2.20. The van der Waals surface area contributed by atoms with Crippen molar-refractivity contribution in [2.75, 3.05) is 4.90 Å². The van der Waals surface area contributed by atoms with E-state index in [0.717, 1.165) is 16.7 Å². The van der Waals surface area contributed by atoms with Crippen LogP contribution >= 0.6 is 11.8 Å². The number of carbonyl (C=O) groups excluding carboxylic acids is 2. The van der Waals surface area contributed by atoms with Gasteiger partial charge in [0.15, 0.2) is 0 Å². The van der Waals surface area contributed by atoms with E-state index in [-0.39, 0.29) is 17.9 Å². The van der Waals surface area contributed by atoms with Gasteiger partial charge in [-0.3, -0.25) is 9.59 Å². The molecule has 3 aromatic carbocycles. The van der Waals surface area contributed by atoms with Crippen molar-refractivity contribution in [3.63, 3.8) is 0 Å². The van der Waals surface area contributed by atoms with Crippen LogP contribution < -0.4 is 9.64 Å². The van der Waals surface area contributed by atoms with Crippen LogP contribution in [0.5, 0.6) is 5.75 Å². The summed E-state index contributed by atoms with van der Waals surface area (Å²) < 4.78 is 5.90. The fraction of sp³-hybridized carbons (Fsp3) is 0.185. The Morgan fingerprint density at radius 1 is 0.844 bits per heavy atom. The first-order valence-corrected chi connectivity index (χ1v) is 11.6. The highest BCUT2D eigenvalue weighted by atomic mass is 32.2. The summed E-state index contributed by atoms with van der Waals surface area (Å²) in [6.45, 7) is 5.83. The molecule has 0 N–H and O–H groups in total. The Morgan fingerprint density at radius 3 is 2.19 bits per heavy atom. The van der Waals surface area contributed by atoms with Crippen LogP contribution in [-0.2, 0) is 15.3 Å². The summed E-state index contributed by atoms with van der Waals surface area (Å²) >= 11 is 1.40. The molecule has 162 valence electrons. The minimum atomic E-state index is -0.325. The maximum atomic E-state index is 13.6. The largest absolute Gasteiger partial charge is 0.489 e. The van der Waals surface area contributed by atoms with Crippen LogP contribution in [0, 0.1) is 6.92 Å². The number of aryl methyl sites for hydroxylation is 1. The number of imide groups is 1. The number of rotatable bonds is 7. The van der Waals surface area contributed by atoms with Crippen molar-refractivity contribution in [2.24, 2.45) is 0 Å². The van der Waals surface area contributed by atoms with E-state index >= 15 is 0 Å². The quantitative estimate of drug-likeness (QED) is 0.420. The maximum Gasteiger partial charge on any atom is 0.272 e. The fourth-order valence-electron chi connectivity index (χ4n) is 3.56. The summed E-state index contributed by atoms with van der Waals surface area (Å²) in [4.78, 5) is 28.9. The van der Waals surface area contributed by atoms with Crippen LogP contribution in [0.2, 0.25) is 0 Å². The van der Waals surface area contributed by atoms with Gasteiger partial charge in [-0.1, -0.05) is 72.3 Å². The standard InChI is InChI=1S/C27H25NO3S/c1-18(2)31-23-12-8-7-11-22(23)28-26(29)24(21-15-13-19(3)14-16-21)25(27(28)30)32-17-20-9-5-4-6-10-20/h4-16,18H,17H2,1-3H3. The molecule has 0 fully saturated rings. The van der Waals surface area contributed by atoms with Gasteiger partial charge in [-0.2, -0.15) is 0 Å². The molecule has 0 spiro atoms. The van der Waals surface area contributed by atoms with Crippen LogP contribution in [0.4, 0.5) is 5.69 Å². The average molecular weight is 444 g/mol. The summed E-state index contributed by atoms with van der Waals surface area (Å²) in [5.74, 6) is 0.477. The van der Waals surface area contributed by atoms with Crippen LogP contribution in [0.3, 0.4) is 0 Å². The first-order chi connectivity index (χ1) is 15.5. The normalized spacial score (nSPS) is 13.9. The highest BCUT2D eigenvalue weighted by molar-refractivity contribution is 8.03. The van der Waals surface area contributed by atoms with Crippen LogP contribution in [0.15, 0.2) is 83.8 Å². The van der Waals surface area contributed by atoms with Gasteiger partial charge < -0.3 is 4.74 Å². The van der Waals surface area contributed by atoms with Crippen molar-refractivity contribution in [1.29, 1.82) is 0 Å². The zero-order valence-electron chi connectivity index (χ0n) is 18.4. The molecule has 0 atom stereocenters. The van der Waals surface area contributed by atoms with E-state index in [2.05, 4.69) is 0 Å². The Balaban J connectivity index is 1.75. The molecule has 32 heavy (non-hydrogen) atoms. The van der Waals surface area contributed by atoms with Crippen LogP contribution in [-0.4, -0.2) is 17.9 Å². The predicted octanol–water partition coefficient (Wildman–Crippen LogP) is 6.00. The SMILES string of the molecule is Cc1ccc(C2=C(SCc3ccccc3)C(=O)N(c3ccccc3OC(C)C)C2=O)cc1. The molecule has 0 unspecified atom stereocenters. The lowest BCUT2D eigenvalue weighted by Crippen LogP contribution is -2.32. The minimum absolute atomic E-state index is 0.0830.